The fourth-order valence-electron chi connectivity index (χ4n) is 0. The summed E-state index contributed by atoms with van der Waals surface area (Å²) in [5.41, 5.74) is 0. The minimum Gasteiger partial charge on any atom is -0.772 e. The van der Waals surface area contributed by atoms with Gasteiger partial charge in [-0.1, -0.05) is 0 Å². The molecule has 4 nitrogen and oxygen atoms in total. The van der Waals surface area contributed by atoms with Gasteiger partial charge >= 0.3 is 17.4 Å². The van der Waals surface area contributed by atoms with Crippen LogP contribution in [0, 0.1) is 0 Å². The van der Waals surface area contributed by atoms with Gasteiger partial charge in [0.2, 0.25) is 0 Å². The van der Waals surface area contributed by atoms with Gasteiger partial charge in [-0.05, 0) is 0 Å². The van der Waals surface area contributed by atoms with E-state index in [4.69, 9.17) is 18.9 Å². The van der Waals surface area contributed by atoms with Gasteiger partial charge in [0.25, 0.3) is 0 Å². The molecule has 0 aliphatic heterocycles. The Bertz CT molecular complexity index is 30.7. The zero-order valence-corrected chi connectivity index (χ0v) is 6.00. The van der Waals surface area contributed by atoms with Crippen molar-refractivity contribution in [3.05, 3.63) is 0 Å². The Morgan fingerprint density at radius 3 is 1.00 bits per heavy atom. The van der Waals surface area contributed by atoms with Crippen LogP contribution in [0.4, 0.5) is 0 Å². The zero-order chi connectivity index (χ0) is 5.41. The predicted octanol–water partition coefficient (Wildman–Crippen LogP) is -0.896. The Morgan fingerprint density at radius 1 is 1.00 bits per heavy atom. The van der Waals surface area contributed by atoms with Crippen molar-refractivity contribution < 1.29 is 36.3 Å². The van der Waals surface area contributed by atoms with E-state index in [9.17, 15) is 0 Å². The fraction of sp³-hybridized carbons (Fsp3) is 0. The minimum absolute atomic E-state index is 0. The molecule has 0 saturated heterocycles. The predicted molar refractivity (Wildman–Crippen MR) is 15.2 cm³/mol. The molecule has 0 atom stereocenters. The van der Waals surface area contributed by atoms with Gasteiger partial charge in [0.05, 0.1) is 17.4 Å². The van der Waals surface area contributed by atoms with Gasteiger partial charge < -0.3 is 9.79 Å². The average molecular weight is 178 g/mol. The molecule has 0 aliphatic carbocycles. The van der Waals surface area contributed by atoms with Crippen molar-refractivity contribution in [2.75, 3.05) is 0 Å². The molecule has 0 aliphatic rings. The van der Waals surface area contributed by atoms with Crippen LogP contribution < -0.4 is 9.79 Å². The molecule has 0 rings (SSSR count). The van der Waals surface area contributed by atoms with Crippen LogP contribution in [0.1, 0.15) is 0 Å². The molecule has 0 spiro atoms. The van der Waals surface area contributed by atoms with Crippen molar-refractivity contribution in [3.63, 3.8) is 0 Å². The summed E-state index contributed by atoms with van der Waals surface area (Å²) in [5.74, 6) is 0. The second kappa shape index (κ2) is 30.2. The maximum atomic E-state index is 8.35. The maximum Gasteiger partial charge on any atom is 3.00 e. The van der Waals surface area contributed by atoms with Crippen LogP contribution in [0.3, 0.4) is 0 Å². The second-order valence-electron chi connectivity index (χ2n) is 0.149. The Hall–Kier alpha value is 0.652. The first kappa shape index (κ1) is 15.6. The van der Waals surface area contributed by atoms with Gasteiger partial charge in [0, 0.05) is 0 Å². The van der Waals surface area contributed by atoms with Crippen LogP contribution in [0.2, 0.25) is 0 Å². The third-order valence-corrected chi connectivity index (χ3v) is 0. The van der Waals surface area contributed by atoms with Crippen molar-refractivity contribution in [3.8, 4) is 0 Å². The van der Waals surface area contributed by atoms with Crippen LogP contribution >= 0.6 is 17.4 Å². The summed E-state index contributed by atoms with van der Waals surface area (Å²) < 4.78 is 16.7. The Morgan fingerprint density at radius 2 is 1.00 bits per heavy atom. The topological polar surface area (TPSA) is 80.3 Å². The van der Waals surface area contributed by atoms with Crippen molar-refractivity contribution in [2.45, 2.75) is 0 Å². The Balaban J connectivity index is -0.0000000400. The summed E-state index contributed by atoms with van der Waals surface area (Å²) in [7, 11) is -2.17. The monoisotopic (exact) mass is 178 g/mol. The molecule has 0 fully saturated rings. The molecular weight excluding hydrogens is 178 g/mol. The van der Waals surface area contributed by atoms with E-state index in [0.29, 0.717) is 0 Å². The molecule has 0 N–H and O–H groups in total. The number of hydrogen-bond acceptors (Lipinski definition) is 4. The quantitative estimate of drug-likeness (QED) is 0.450. The molecule has 0 aromatic carbocycles. The molecule has 0 amide bonds. The van der Waals surface area contributed by atoms with E-state index >= 15 is 0 Å². The first-order chi connectivity index (χ1) is 2.83. The molecule has 39 valence electrons. The second-order valence-corrected chi connectivity index (χ2v) is 0.447. The van der Waals surface area contributed by atoms with E-state index in [1.807, 2.05) is 0 Å². The van der Waals surface area contributed by atoms with Crippen molar-refractivity contribution in [1.82, 2.24) is 0 Å². The minimum atomic E-state index is -1.08. The van der Waals surface area contributed by atoms with Gasteiger partial charge in [0.1, 0.15) is 0 Å². The summed E-state index contributed by atoms with van der Waals surface area (Å²) in [4.78, 5) is 16.7. The third-order valence-electron chi connectivity index (χ3n) is 0. The molecule has 0 unspecified atom stereocenters. The summed E-state index contributed by atoms with van der Waals surface area (Å²) in [6.45, 7) is 0. The van der Waals surface area contributed by atoms with Crippen LogP contribution in [0.5, 0.6) is 0 Å². The fourth-order valence-corrected chi connectivity index (χ4v) is 0. The van der Waals surface area contributed by atoms with Crippen LogP contribution in [0.15, 0.2) is 0 Å². The molecule has 0 saturated carbocycles. The zero-order valence-electron chi connectivity index (χ0n) is 2.94. The number of hydrogen-bond donors (Lipinski definition) is 0. The molecular formula is CrO4P2+. The standard InChI is InChI=1S/Cr.2HO2P/c;2*1-3-2/h;2*(H,1,2)/q+3;;/p-2. The van der Waals surface area contributed by atoms with E-state index in [0.717, 1.165) is 0 Å². The van der Waals surface area contributed by atoms with Crippen LogP contribution in [0.25, 0.3) is 0 Å². The largest absolute Gasteiger partial charge is 3.00 e. The van der Waals surface area contributed by atoms with Gasteiger partial charge in [0.15, 0.2) is 0 Å². The van der Waals surface area contributed by atoms with E-state index in [1.54, 1.807) is 0 Å². The summed E-state index contributed by atoms with van der Waals surface area (Å²) in [6.07, 6.45) is 0. The molecule has 0 heterocycles. The van der Waals surface area contributed by atoms with Gasteiger partial charge in [-0.15, -0.1) is 0 Å². The van der Waals surface area contributed by atoms with E-state index in [-0.39, 0.29) is 17.4 Å². The third kappa shape index (κ3) is 338. The smallest absolute Gasteiger partial charge is 0.772 e. The van der Waals surface area contributed by atoms with Crippen molar-refractivity contribution in [2.24, 2.45) is 0 Å². The SMILES string of the molecule is O=P[O-].O=P[O-].[Cr+3]. The Labute approximate surface area is 54.3 Å². The average Bonchev–Trinajstić information content (AvgIpc) is 1.39. The van der Waals surface area contributed by atoms with Crippen LogP contribution in [-0.4, -0.2) is 0 Å². The van der Waals surface area contributed by atoms with Crippen molar-refractivity contribution >= 4 is 17.4 Å². The molecule has 0 bridgehead atoms. The van der Waals surface area contributed by atoms with Crippen molar-refractivity contribution in [1.29, 1.82) is 0 Å². The first-order valence-corrected chi connectivity index (χ1v) is 2.19. The summed E-state index contributed by atoms with van der Waals surface area (Å²) in [5, 5.41) is 0. The molecule has 7 heteroatoms. The molecule has 1 radical (unpaired) electrons. The van der Waals surface area contributed by atoms with E-state index in [2.05, 4.69) is 0 Å². The Kier molecular flexibility index (Phi) is 67.5. The maximum absolute atomic E-state index is 8.35. The van der Waals surface area contributed by atoms with Gasteiger partial charge in [-0.2, -0.15) is 0 Å². The summed E-state index contributed by atoms with van der Waals surface area (Å²) >= 11 is 0. The van der Waals surface area contributed by atoms with E-state index < -0.39 is 17.4 Å². The normalized spacial score (nSPS) is 6.00. The summed E-state index contributed by atoms with van der Waals surface area (Å²) in [6, 6.07) is 0. The molecule has 7 heavy (non-hydrogen) atoms. The van der Waals surface area contributed by atoms with Gasteiger partial charge in [-0.25, -0.2) is 0 Å². The number of rotatable bonds is 0. The van der Waals surface area contributed by atoms with Crippen LogP contribution in [-0.2, 0) is 26.5 Å². The van der Waals surface area contributed by atoms with Gasteiger partial charge in [-0.3, -0.25) is 9.13 Å². The molecule has 0 aromatic heterocycles. The first-order valence-electron chi connectivity index (χ1n) is 0.730. The molecule has 0 aromatic rings. The van der Waals surface area contributed by atoms with E-state index in [1.165, 1.54) is 0 Å².